The van der Waals surface area contributed by atoms with Gasteiger partial charge in [-0.05, 0) is 19.8 Å². The molecule has 0 atom stereocenters. The highest BCUT2D eigenvalue weighted by Crippen LogP contribution is 2.36. The molecule has 0 saturated heterocycles. The first-order chi connectivity index (χ1) is 9.33. The van der Waals surface area contributed by atoms with Gasteiger partial charge >= 0.3 is 0 Å². The number of aromatic nitrogens is 5. The average molecular weight is 278 g/mol. The molecule has 0 bridgehead atoms. The van der Waals surface area contributed by atoms with Crippen molar-refractivity contribution in [3.05, 3.63) is 24.0 Å². The maximum atomic E-state index is 5.66. The maximum absolute atomic E-state index is 5.66. The molecular weight excluding hydrogens is 260 g/mol. The van der Waals surface area contributed by atoms with Crippen molar-refractivity contribution in [3.8, 4) is 0 Å². The minimum absolute atomic E-state index is 0.432. The molecule has 2 aromatic rings. The Labute approximate surface area is 116 Å². The van der Waals surface area contributed by atoms with Crippen LogP contribution in [-0.4, -0.2) is 24.3 Å². The molecule has 7 heteroatoms. The fraction of sp³-hybridized carbons (Fsp3) is 0.583. The fourth-order valence-electron chi connectivity index (χ4n) is 2.16. The lowest BCUT2D eigenvalue weighted by Gasteiger charge is -2.07. The second-order valence-electron chi connectivity index (χ2n) is 4.66. The maximum Gasteiger partial charge on any atom is 0.191 e. The standard InChI is InChI=1S/C12H18N6S/c1-2-17-11(5-13)15-16-12(17)19-7-10-6-14-8-18(10)9-3-4-9/h6,8-9H,2-5,7,13H2,1H3. The van der Waals surface area contributed by atoms with Gasteiger partial charge in [-0.3, -0.25) is 0 Å². The molecule has 0 aromatic carbocycles. The third-order valence-corrected chi connectivity index (χ3v) is 4.33. The topological polar surface area (TPSA) is 74.6 Å². The van der Waals surface area contributed by atoms with Gasteiger partial charge in [0.15, 0.2) is 5.16 Å². The van der Waals surface area contributed by atoms with E-state index >= 15 is 0 Å². The minimum atomic E-state index is 0.432. The van der Waals surface area contributed by atoms with Crippen LogP contribution in [0.4, 0.5) is 0 Å². The van der Waals surface area contributed by atoms with Gasteiger partial charge in [-0.15, -0.1) is 10.2 Å². The number of thioether (sulfide) groups is 1. The van der Waals surface area contributed by atoms with E-state index in [1.165, 1.54) is 18.5 Å². The molecule has 0 aliphatic heterocycles. The van der Waals surface area contributed by atoms with Crippen molar-refractivity contribution in [1.82, 2.24) is 24.3 Å². The van der Waals surface area contributed by atoms with Gasteiger partial charge in [-0.25, -0.2) is 4.98 Å². The van der Waals surface area contributed by atoms with Gasteiger partial charge in [0.25, 0.3) is 0 Å². The number of nitrogens with zero attached hydrogens (tertiary/aromatic N) is 5. The normalized spacial score (nSPS) is 15.1. The molecule has 1 aliphatic carbocycles. The van der Waals surface area contributed by atoms with Gasteiger partial charge in [0.1, 0.15) is 5.82 Å². The van der Waals surface area contributed by atoms with E-state index < -0.39 is 0 Å². The molecule has 1 fully saturated rings. The molecule has 2 N–H and O–H groups in total. The van der Waals surface area contributed by atoms with Crippen LogP contribution < -0.4 is 5.73 Å². The highest BCUT2D eigenvalue weighted by molar-refractivity contribution is 7.98. The van der Waals surface area contributed by atoms with Gasteiger partial charge in [-0.2, -0.15) is 0 Å². The first-order valence-electron chi connectivity index (χ1n) is 6.59. The molecule has 19 heavy (non-hydrogen) atoms. The van der Waals surface area contributed by atoms with Crippen LogP contribution in [0.1, 0.15) is 37.3 Å². The van der Waals surface area contributed by atoms with Crippen LogP contribution in [0.2, 0.25) is 0 Å². The second-order valence-corrected chi connectivity index (χ2v) is 5.60. The van der Waals surface area contributed by atoms with Crippen molar-refractivity contribution in [2.24, 2.45) is 5.73 Å². The molecule has 0 radical (unpaired) electrons. The third-order valence-electron chi connectivity index (χ3n) is 3.33. The minimum Gasteiger partial charge on any atom is -0.331 e. The van der Waals surface area contributed by atoms with Crippen molar-refractivity contribution in [2.45, 2.75) is 49.8 Å². The SMILES string of the molecule is CCn1c(CN)nnc1SCc1cncn1C1CC1. The zero-order valence-electron chi connectivity index (χ0n) is 11.0. The van der Waals surface area contributed by atoms with Crippen molar-refractivity contribution >= 4 is 11.8 Å². The average Bonchev–Trinajstić information content (AvgIpc) is 3.04. The Kier molecular flexibility index (Phi) is 3.56. The molecule has 2 heterocycles. The van der Waals surface area contributed by atoms with E-state index in [2.05, 4.69) is 31.2 Å². The summed E-state index contributed by atoms with van der Waals surface area (Å²) in [6.07, 6.45) is 6.43. The number of rotatable bonds is 6. The van der Waals surface area contributed by atoms with Crippen LogP contribution in [0.25, 0.3) is 0 Å². The molecule has 6 nitrogen and oxygen atoms in total. The number of imidazole rings is 1. The Hall–Kier alpha value is -1.34. The Morgan fingerprint density at radius 3 is 2.95 bits per heavy atom. The Morgan fingerprint density at radius 1 is 1.42 bits per heavy atom. The van der Waals surface area contributed by atoms with Gasteiger partial charge in [-0.1, -0.05) is 11.8 Å². The Balaban J connectivity index is 1.71. The van der Waals surface area contributed by atoms with E-state index in [0.29, 0.717) is 12.6 Å². The van der Waals surface area contributed by atoms with Crippen molar-refractivity contribution < 1.29 is 0 Å². The van der Waals surface area contributed by atoms with E-state index in [0.717, 1.165) is 23.3 Å². The summed E-state index contributed by atoms with van der Waals surface area (Å²) in [5, 5.41) is 9.27. The van der Waals surface area contributed by atoms with Crippen molar-refractivity contribution in [2.75, 3.05) is 0 Å². The molecule has 2 aromatic heterocycles. The van der Waals surface area contributed by atoms with Gasteiger partial charge in [0.2, 0.25) is 0 Å². The lowest BCUT2D eigenvalue weighted by atomic mass is 10.5. The zero-order valence-corrected chi connectivity index (χ0v) is 11.8. The summed E-state index contributed by atoms with van der Waals surface area (Å²) in [7, 11) is 0. The predicted octanol–water partition coefficient (Wildman–Crippen LogP) is 1.58. The third kappa shape index (κ3) is 2.52. The van der Waals surface area contributed by atoms with Crippen LogP contribution >= 0.6 is 11.8 Å². The van der Waals surface area contributed by atoms with E-state index in [-0.39, 0.29) is 0 Å². The molecule has 102 valence electrons. The largest absolute Gasteiger partial charge is 0.331 e. The quantitative estimate of drug-likeness (QED) is 0.812. The highest BCUT2D eigenvalue weighted by Gasteiger charge is 2.25. The Bertz CT molecular complexity index is 556. The summed E-state index contributed by atoms with van der Waals surface area (Å²) in [4.78, 5) is 4.25. The van der Waals surface area contributed by atoms with Crippen LogP contribution in [0.3, 0.4) is 0 Å². The Morgan fingerprint density at radius 2 is 2.26 bits per heavy atom. The van der Waals surface area contributed by atoms with Crippen molar-refractivity contribution in [3.63, 3.8) is 0 Å². The van der Waals surface area contributed by atoms with Crippen LogP contribution in [0.5, 0.6) is 0 Å². The molecule has 1 aliphatic rings. The predicted molar refractivity (Wildman–Crippen MR) is 73.6 cm³/mol. The molecule has 0 spiro atoms. The van der Waals surface area contributed by atoms with Crippen LogP contribution in [0.15, 0.2) is 17.7 Å². The van der Waals surface area contributed by atoms with Gasteiger partial charge < -0.3 is 14.9 Å². The molecule has 0 unspecified atom stereocenters. The zero-order chi connectivity index (χ0) is 13.2. The summed E-state index contributed by atoms with van der Waals surface area (Å²) >= 11 is 1.70. The summed E-state index contributed by atoms with van der Waals surface area (Å²) in [6, 6.07) is 0.668. The highest BCUT2D eigenvalue weighted by atomic mass is 32.2. The summed E-state index contributed by atoms with van der Waals surface area (Å²) in [5.41, 5.74) is 6.91. The molecular formula is C12H18N6S. The summed E-state index contributed by atoms with van der Waals surface area (Å²) in [6.45, 7) is 3.37. The molecule has 0 amide bonds. The fourth-order valence-corrected chi connectivity index (χ4v) is 3.15. The number of nitrogens with two attached hydrogens (primary N) is 1. The van der Waals surface area contributed by atoms with E-state index in [1.807, 2.05) is 12.5 Å². The molecule has 3 rings (SSSR count). The van der Waals surface area contributed by atoms with E-state index in [1.54, 1.807) is 11.8 Å². The number of hydrogen-bond acceptors (Lipinski definition) is 5. The van der Waals surface area contributed by atoms with E-state index in [9.17, 15) is 0 Å². The first-order valence-corrected chi connectivity index (χ1v) is 7.57. The molecule has 1 saturated carbocycles. The first kappa shape index (κ1) is 12.7. The van der Waals surface area contributed by atoms with Crippen molar-refractivity contribution in [1.29, 1.82) is 0 Å². The van der Waals surface area contributed by atoms with Gasteiger partial charge in [0, 0.05) is 30.2 Å². The second kappa shape index (κ2) is 5.34. The smallest absolute Gasteiger partial charge is 0.191 e. The van der Waals surface area contributed by atoms with E-state index in [4.69, 9.17) is 5.73 Å². The monoisotopic (exact) mass is 278 g/mol. The van der Waals surface area contributed by atoms with Crippen LogP contribution in [0, 0.1) is 0 Å². The number of hydrogen-bond donors (Lipinski definition) is 1. The lowest BCUT2D eigenvalue weighted by Crippen LogP contribution is -2.08. The summed E-state index contributed by atoms with van der Waals surface area (Å²) < 4.78 is 4.35. The lowest BCUT2D eigenvalue weighted by molar-refractivity contribution is 0.642. The summed E-state index contributed by atoms with van der Waals surface area (Å²) in [5.74, 6) is 1.72. The van der Waals surface area contributed by atoms with Gasteiger partial charge in [0.05, 0.1) is 12.9 Å². The van der Waals surface area contributed by atoms with Crippen LogP contribution in [-0.2, 0) is 18.8 Å².